The summed E-state index contributed by atoms with van der Waals surface area (Å²) in [4.78, 5) is 82.2. The molecule has 0 aromatic heterocycles. The van der Waals surface area contributed by atoms with Gasteiger partial charge >= 0.3 is 18.0 Å². The van der Waals surface area contributed by atoms with E-state index in [1.54, 1.807) is 58.0 Å². The fraction of sp³-hybridized carbons (Fsp3) is 0.455. The topological polar surface area (TPSA) is 169 Å². The number of hydrogen-bond donors (Lipinski definition) is 3. The highest BCUT2D eigenvalue weighted by atomic mass is 19.1. The van der Waals surface area contributed by atoms with Crippen LogP contribution in [0.1, 0.15) is 94.6 Å². The van der Waals surface area contributed by atoms with E-state index < -0.39 is 70.8 Å². The predicted octanol–water partition coefficient (Wildman–Crippen LogP) is 5.79. The molecule has 1 fully saturated rings. The van der Waals surface area contributed by atoms with Gasteiger partial charge in [-0.25, -0.2) is 18.8 Å². The Labute approximate surface area is 339 Å². The normalized spacial score (nSPS) is 15.9. The summed E-state index contributed by atoms with van der Waals surface area (Å²) in [6.07, 6.45) is 1.01. The Morgan fingerprint density at radius 3 is 2.10 bits per heavy atom. The monoisotopic (exact) mass is 802 g/mol. The minimum Gasteiger partial charge on any atom is -0.462 e. The molecule has 1 heterocycles. The van der Waals surface area contributed by atoms with Crippen LogP contribution in [0.15, 0.2) is 84.9 Å². The number of nitrogens with one attached hydrogen (secondary N) is 3. The summed E-state index contributed by atoms with van der Waals surface area (Å²) in [5.41, 5.74) is -0.668. The second kappa shape index (κ2) is 21.1. The molecule has 3 aromatic rings. The minimum atomic E-state index is -1.57. The smallest absolute Gasteiger partial charge is 0.408 e. The molecular formula is C44H55FN4O9. The zero-order chi connectivity index (χ0) is 42.3. The van der Waals surface area contributed by atoms with Gasteiger partial charge in [0.1, 0.15) is 41.7 Å². The first kappa shape index (κ1) is 44.9. The van der Waals surface area contributed by atoms with Crippen LogP contribution in [-0.4, -0.2) is 83.1 Å². The van der Waals surface area contributed by atoms with E-state index in [1.807, 2.05) is 30.3 Å². The molecule has 0 aliphatic carbocycles. The third-order valence-corrected chi connectivity index (χ3v) is 9.73. The van der Waals surface area contributed by atoms with E-state index in [2.05, 4.69) is 16.0 Å². The highest BCUT2D eigenvalue weighted by molar-refractivity contribution is 5.97. The van der Waals surface area contributed by atoms with Gasteiger partial charge in [0.2, 0.25) is 17.7 Å². The van der Waals surface area contributed by atoms with Crippen molar-refractivity contribution in [1.82, 2.24) is 20.9 Å². The van der Waals surface area contributed by atoms with E-state index in [0.717, 1.165) is 5.56 Å². The highest BCUT2D eigenvalue weighted by Crippen LogP contribution is 2.23. The fourth-order valence-electron chi connectivity index (χ4n) is 6.33. The molecule has 4 amide bonds. The largest absolute Gasteiger partial charge is 0.462 e. The first-order valence-corrected chi connectivity index (χ1v) is 19.7. The van der Waals surface area contributed by atoms with Gasteiger partial charge in [0.25, 0.3) is 0 Å². The molecule has 3 aromatic carbocycles. The number of rotatable bonds is 18. The SMILES string of the molecule is CC[C@@](C)(NC(=O)[C@H](CCCCOC(=O)c1ccccc1)NC(=O)OC(C)(C)C)C(=O)N[C@@H](Cc1ccc(F)cc1)C(=O)N1CCC[C@@H]1C(=O)OCc1ccccc1. The number of likely N-dealkylation sites (tertiary alicyclic amines) is 1. The van der Waals surface area contributed by atoms with E-state index in [9.17, 15) is 33.2 Å². The molecule has 4 rings (SSSR count). The summed E-state index contributed by atoms with van der Waals surface area (Å²) in [6, 6.07) is 20.0. The van der Waals surface area contributed by atoms with Crippen molar-refractivity contribution in [3.8, 4) is 0 Å². The highest BCUT2D eigenvalue weighted by Gasteiger charge is 2.42. The standard InChI is InChI=1S/C44H55FN4O9/c1-6-44(5,48-37(50)34(47-42(55)58-43(2,3)4)20-13-14-27-56-39(52)32-18-11-8-12-19-32)41(54)46-35(28-30-22-24-33(45)25-23-30)38(51)49-26-15-21-36(49)40(53)57-29-31-16-9-7-10-17-31/h7-12,16-19,22-25,34-36H,6,13-15,20-21,26-29H2,1-5H3,(H,46,54)(H,47,55)(H,48,50)/t34-,35-,36+,44+/m0/s1. The van der Waals surface area contributed by atoms with Crippen LogP contribution >= 0.6 is 0 Å². The molecule has 0 saturated carbocycles. The van der Waals surface area contributed by atoms with Crippen LogP contribution in [-0.2, 0) is 46.4 Å². The zero-order valence-electron chi connectivity index (χ0n) is 33.9. The maximum atomic E-state index is 14.3. The number of amides is 4. The van der Waals surface area contributed by atoms with Gasteiger partial charge in [-0.05, 0) is 102 Å². The Kier molecular flexibility index (Phi) is 16.3. The molecule has 0 radical (unpaired) electrons. The second-order valence-electron chi connectivity index (χ2n) is 15.5. The molecule has 312 valence electrons. The Bertz CT molecular complexity index is 1850. The molecule has 13 nitrogen and oxygen atoms in total. The van der Waals surface area contributed by atoms with Crippen LogP contribution < -0.4 is 16.0 Å². The van der Waals surface area contributed by atoms with E-state index in [1.165, 1.54) is 36.1 Å². The Morgan fingerprint density at radius 1 is 0.810 bits per heavy atom. The molecule has 1 saturated heterocycles. The number of nitrogens with zero attached hydrogens (tertiary/aromatic N) is 1. The maximum absolute atomic E-state index is 14.3. The number of alkyl carbamates (subject to hydrolysis) is 1. The number of ether oxygens (including phenoxy) is 3. The van der Waals surface area contributed by atoms with Crippen molar-refractivity contribution in [3.63, 3.8) is 0 Å². The van der Waals surface area contributed by atoms with Crippen LogP contribution in [0.5, 0.6) is 0 Å². The average Bonchev–Trinajstić information content (AvgIpc) is 3.70. The van der Waals surface area contributed by atoms with Gasteiger partial charge in [0.15, 0.2) is 0 Å². The van der Waals surface area contributed by atoms with E-state index >= 15 is 0 Å². The van der Waals surface area contributed by atoms with Crippen molar-refractivity contribution >= 4 is 35.8 Å². The molecule has 3 N–H and O–H groups in total. The van der Waals surface area contributed by atoms with Gasteiger partial charge in [-0.1, -0.05) is 67.6 Å². The summed E-state index contributed by atoms with van der Waals surface area (Å²) in [7, 11) is 0. The summed E-state index contributed by atoms with van der Waals surface area (Å²) in [6.45, 7) is 8.61. The molecule has 58 heavy (non-hydrogen) atoms. The first-order valence-electron chi connectivity index (χ1n) is 19.7. The van der Waals surface area contributed by atoms with Crippen LogP contribution in [0.3, 0.4) is 0 Å². The van der Waals surface area contributed by atoms with E-state index in [-0.39, 0.29) is 39.0 Å². The summed E-state index contributed by atoms with van der Waals surface area (Å²) >= 11 is 0. The Balaban J connectivity index is 1.47. The van der Waals surface area contributed by atoms with E-state index in [4.69, 9.17) is 14.2 Å². The summed E-state index contributed by atoms with van der Waals surface area (Å²) in [5.74, 6) is -3.40. The molecule has 1 aliphatic heterocycles. The number of carbonyl (C=O) groups is 6. The van der Waals surface area contributed by atoms with Crippen molar-refractivity contribution in [2.75, 3.05) is 13.2 Å². The van der Waals surface area contributed by atoms with Gasteiger partial charge in [-0.15, -0.1) is 0 Å². The number of hydrogen-bond acceptors (Lipinski definition) is 9. The Morgan fingerprint density at radius 2 is 1.47 bits per heavy atom. The number of esters is 2. The van der Waals surface area contributed by atoms with Crippen molar-refractivity contribution in [2.24, 2.45) is 0 Å². The lowest BCUT2D eigenvalue weighted by Crippen LogP contribution is -2.63. The van der Waals surface area contributed by atoms with Crippen molar-refractivity contribution in [2.45, 2.75) is 115 Å². The van der Waals surface area contributed by atoms with Crippen LogP contribution in [0.4, 0.5) is 9.18 Å². The molecule has 14 heteroatoms. The minimum absolute atomic E-state index is 0.0292. The second-order valence-corrected chi connectivity index (χ2v) is 15.5. The van der Waals surface area contributed by atoms with Crippen LogP contribution in [0.2, 0.25) is 0 Å². The first-order chi connectivity index (χ1) is 27.6. The Hall–Kier alpha value is -5.79. The lowest BCUT2D eigenvalue weighted by molar-refractivity contribution is -0.155. The molecular weight excluding hydrogens is 748 g/mol. The van der Waals surface area contributed by atoms with Gasteiger partial charge < -0.3 is 35.1 Å². The van der Waals surface area contributed by atoms with Gasteiger partial charge in [0, 0.05) is 13.0 Å². The van der Waals surface area contributed by atoms with Gasteiger partial charge in [-0.2, -0.15) is 0 Å². The molecule has 1 aliphatic rings. The van der Waals surface area contributed by atoms with Crippen molar-refractivity contribution in [1.29, 1.82) is 0 Å². The van der Waals surface area contributed by atoms with Crippen molar-refractivity contribution in [3.05, 3.63) is 107 Å². The molecule has 4 atom stereocenters. The van der Waals surface area contributed by atoms with Gasteiger partial charge in [0.05, 0.1) is 12.2 Å². The fourth-order valence-corrected chi connectivity index (χ4v) is 6.33. The molecule has 0 bridgehead atoms. The summed E-state index contributed by atoms with van der Waals surface area (Å²) in [5, 5.41) is 8.20. The average molecular weight is 803 g/mol. The quantitative estimate of drug-likeness (QED) is 0.0819. The van der Waals surface area contributed by atoms with Crippen molar-refractivity contribution < 1.29 is 47.4 Å². The number of benzene rings is 3. The third-order valence-electron chi connectivity index (χ3n) is 9.73. The summed E-state index contributed by atoms with van der Waals surface area (Å²) < 4.78 is 30.2. The number of halogens is 1. The van der Waals surface area contributed by atoms with Crippen LogP contribution in [0, 0.1) is 5.82 Å². The number of unbranched alkanes of at least 4 members (excludes halogenated alkanes) is 1. The maximum Gasteiger partial charge on any atom is 0.408 e. The molecule has 0 unspecified atom stereocenters. The lowest BCUT2D eigenvalue weighted by atomic mass is 9.94. The van der Waals surface area contributed by atoms with Crippen LogP contribution in [0.25, 0.3) is 0 Å². The predicted molar refractivity (Wildman–Crippen MR) is 214 cm³/mol. The third kappa shape index (κ3) is 13.7. The number of carbonyl (C=O) groups excluding carboxylic acids is 6. The zero-order valence-corrected chi connectivity index (χ0v) is 33.9. The lowest BCUT2D eigenvalue weighted by Gasteiger charge is -2.34. The molecule has 0 spiro atoms. The van der Waals surface area contributed by atoms with E-state index in [0.29, 0.717) is 36.8 Å². The van der Waals surface area contributed by atoms with Gasteiger partial charge in [-0.3, -0.25) is 14.4 Å².